The van der Waals surface area contributed by atoms with E-state index in [4.69, 9.17) is 24.1 Å². The molecule has 3 atom stereocenters. The first kappa shape index (κ1) is 33.3. The van der Waals surface area contributed by atoms with Crippen molar-refractivity contribution in [2.45, 2.75) is 51.4 Å². The number of amides is 2. The first-order valence-electron chi connectivity index (χ1n) is 13.9. The van der Waals surface area contributed by atoms with E-state index in [2.05, 4.69) is 0 Å². The first-order chi connectivity index (χ1) is 20.7. The Bertz CT molecular complexity index is 1320. The fourth-order valence-electron chi connectivity index (χ4n) is 4.70. The van der Waals surface area contributed by atoms with Gasteiger partial charge in [-0.2, -0.15) is 0 Å². The Hall–Kier alpha value is -4.19. The minimum Gasteiger partial charge on any atom is -0.451 e. The molecule has 1 aliphatic heterocycles. The molecule has 1 N–H and O–H groups in total. The third-order valence-electron chi connectivity index (χ3n) is 6.70. The van der Waals surface area contributed by atoms with Gasteiger partial charge < -0.3 is 24.1 Å². The number of benzene rings is 2. The summed E-state index contributed by atoms with van der Waals surface area (Å²) in [5.41, 5.74) is 2.21. The van der Waals surface area contributed by atoms with Crippen LogP contribution < -0.4 is 0 Å². The third-order valence-corrected chi connectivity index (χ3v) is 6.70. The summed E-state index contributed by atoms with van der Waals surface area (Å²) in [6.45, 7) is 3.07. The Kier molecular flexibility index (Phi) is 12.7. The van der Waals surface area contributed by atoms with Gasteiger partial charge in [0.15, 0.2) is 23.8 Å². The lowest BCUT2D eigenvalue weighted by atomic mass is 9.94. The van der Waals surface area contributed by atoms with E-state index in [0.717, 1.165) is 36.1 Å². The molecule has 0 radical (unpaired) electrons. The van der Waals surface area contributed by atoms with Crippen LogP contribution in [0.1, 0.15) is 36.5 Å². The number of aliphatic hydroxyl groups excluding tert-OH is 1. The second-order valence-corrected chi connectivity index (χ2v) is 10.0. The number of ketones is 2. The number of methoxy groups -OCH3 is 1. The molecule has 2 aromatic carbocycles. The Morgan fingerprint density at radius 2 is 1.81 bits per heavy atom. The van der Waals surface area contributed by atoms with Gasteiger partial charge in [0.1, 0.15) is 6.61 Å². The number of hydrogen-bond acceptors (Lipinski definition) is 10. The van der Waals surface area contributed by atoms with Gasteiger partial charge in [-0.25, -0.2) is 9.69 Å². The molecule has 3 rings (SSSR count). The summed E-state index contributed by atoms with van der Waals surface area (Å²) in [4.78, 5) is 66.4. The number of nitrogens with zero attached hydrogens (tertiary/aromatic N) is 1. The number of imide groups is 1. The van der Waals surface area contributed by atoms with E-state index in [9.17, 15) is 24.0 Å². The number of Topliss-reactive ketones (excluding diaryl/α,β-unsaturated/α-hetero) is 1. The molecule has 0 saturated carbocycles. The van der Waals surface area contributed by atoms with Crippen molar-refractivity contribution < 1.29 is 48.0 Å². The number of rotatable bonds is 16. The maximum atomic E-state index is 13.7. The molecule has 1 saturated heterocycles. The number of carbonyl (C=O) groups is 5. The maximum absolute atomic E-state index is 13.7. The van der Waals surface area contributed by atoms with Crippen molar-refractivity contribution >= 4 is 35.1 Å². The minimum absolute atomic E-state index is 0.0319. The van der Waals surface area contributed by atoms with E-state index in [1.165, 1.54) is 0 Å². The standard InChI is InChI=1S/C32H37NO10/c1-21-9-7-12-24(17-21)26(27(36)13-8-15-41-16-14-34)19-28(37)29(43-22(2)35)30(40-3)31(38)33-25(20-42-32(33)39)18-23-10-5-4-6-11-23/h4-7,9-12,17,19,25,29-30,34H,8,13-16,18,20H2,1-3H3/t25-,29+,30-/m0/s1. The quantitative estimate of drug-likeness (QED) is 0.175. The second kappa shape index (κ2) is 16.4. The van der Waals surface area contributed by atoms with Gasteiger partial charge in [-0.3, -0.25) is 19.2 Å². The van der Waals surface area contributed by atoms with Gasteiger partial charge in [0.25, 0.3) is 5.91 Å². The van der Waals surface area contributed by atoms with Crippen LogP contribution in [0.3, 0.4) is 0 Å². The normalized spacial score (nSPS) is 16.4. The number of ether oxygens (including phenoxy) is 4. The van der Waals surface area contributed by atoms with Crippen LogP contribution >= 0.6 is 0 Å². The van der Waals surface area contributed by atoms with Gasteiger partial charge in [-0.1, -0.05) is 60.2 Å². The van der Waals surface area contributed by atoms with Gasteiger partial charge in [0.05, 0.1) is 19.3 Å². The molecular weight excluding hydrogens is 558 g/mol. The lowest BCUT2D eigenvalue weighted by Crippen LogP contribution is -2.53. The van der Waals surface area contributed by atoms with Crippen LogP contribution in [-0.2, 0) is 44.5 Å². The highest BCUT2D eigenvalue weighted by atomic mass is 16.6. The average molecular weight is 596 g/mol. The molecule has 0 unspecified atom stereocenters. The third kappa shape index (κ3) is 9.40. The smallest absolute Gasteiger partial charge is 0.417 e. The molecule has 43 heavy (non-hydrogen) atoms. The number of esters is 1. The van der Waals surface area contributed by atoms with E-state index in [-0.39, 0.29) is 44.2 Å². The van der Waals surface area contributed by atoms with Crippen LogP contribution in [0.5, 0.6) is 0 Å². The predicted molar refractivity (Wildman–Crippen MR) is 155 cm³/mol. The predicted octanol–water partition coefficient (Wildman–Crippen LogP) is 2.84. The number of allylic oxidation sites excluding steroid dienone is 1. The summed E-state index contributed by atoms with van der Waals surface area (Å²) in [6, 6.07) is 15.5. The Morgan fingerprint density at radius 3 is 2.47 bits per heavy atom. The molecule has 2 amide bonds. The van der Waals surface area contributed by atoms with Crippen LogP contribution in [0.15, 0.2) is 60.7 Å². The van der Waals surface area contributed by atoms with E-state index >= 15 is 0 Å². The monoisotopic (exact) mass is 595 g/mol. The van der Waals surface area contributed by atoms with Crippen molar-refractivity contribution in [1.82, 2.24) is 4.90 Å². The molecule has 1 aliphatic rings. The van der Waals surface area contributed by atoms with Crippen molar-refractivity contribution in [3.8, 4) is 0 Å². The molecule has 0 bridgehead atoms. The van der Waals surface area contributed by atoms with Crippen LogP contribution in [0.25, 0.3) is 5.57 Å². The van der Waals surface area contributed by atoms with E-state index in [1.807, 2.05) is 43.3 Å². The summed E-state index contributed by atoms with van der Waals surface area (Å²) in [6.07, 6.45) is -2.68. The molecule has 0 spiro atoms. The zero-order valence-corrected chi connectivity index (χ0v) is 24.5. The summed E-state index contributed by atoms with van der Waals surface area (Å²) >= 11 is 0. The Labute approximate surface area is 250 Å². The van der Waals surface area contributed by atoms with Crippen LogP contribution in [0.4, 0.5) is 4.79 Å². The lowest BCUT2D eigenvalue weighted by molar-refractivity contribution is -0.166. The zero-order valence-electron chi connectivity index (χ0n) is 24.5. The van der Waals surface area contributed by atoms with Crippen LogP contribution in [0.2, 0.25) is 0 Å². The number of cyclic esters (lactones) is 1. The molecule has 2 aromatic rings. The molecule has 11 nitrogen and oxygen atoms in total. The van der Waals surface area contributed by atoms with Gasteiger partial charge in [0, 0.05) is 32.6 Å². The summed E-state index contributed by atoms with van der Waals surface area (Å²) in [5.74, 6) is -3.03. The van der Waals surface area contributed by atoms with Crippen molar-refractivity contribution in [2.75, 3.05) is 33.5 Å². The minimum atomic E-state index is -1.79. The maximum Gasteiger partial charge on any atom is 0.417 e. The Morgan fingerprint density at radius 1 is 1.07 bits per heavy atom. The number of aliphatic hydroxyl groups is 1. The molecule has 11 heteroatoms. The van der Waals surface area contributed by atoms with Gasteiger partial charge in [-0.05, 0) is 37.0 Å². The topological polar surface area (TPSA) is 146 Å². The zero-order chi connectivity index (χ0) is 31.4. The van der Waals surface area contributed by atoms with E-state index < -0.39 is 42.0 Å². The molecule has 0 aliphatic carbocycles. The summed E-state index contributed by atoms with van der Waals surface area (Å²) < 4.78 is 21.1. The average Bonchev–Trinajstić information content (AvgIpc) is 3.34. The molecule has 1 heterocycles. The van der Waals surface area contributed by atoms with E-state index in [1.54, 1.807) is 18.2 Å². The number of carbonyl (C=O) groups excluding carboxylic acids is 5. The fraction of sp³-hybridized carbons (Fsp3) is 0.406. The van der Waals surface area contributed by atoms with Gasteiger partial charge in [-0.15, -0.1) is 0 Å². The molecular formula is C32H37NO10. The number of hydrogen-bond donors (Lipinski definition) is 1. The largest absolute Gasteiger partial charge is 0.451 e. The van der Waals surface area contributed by atoms with E-state index in [0.29, 0.717) is 18.4 Å². The highest BCUT2D eigenvalue weighted by molar-refractivity contribution is 6.25. The van der Waals surface area contributed by atoms with Gasteiger partial charge in [0.2, 0.25) is 0 Å². The second-order valence-electron chi connectivity index (χ2n) is 10.0. The summed E-state index contributed by atoms with van der Waals surface area (Å²) in [7, 11) is 1.16. The Balaban J connectivity index is 1.92. The van der Waals surface area contributed by atoms with Crippen LogP contribution in [0, 0.1) is 6.92 Å². The highest BCUT2D eigenvalue weighted by Crippen LogP contribution is 2.24. The van der Waals surface area contributed by atoms with Crippen molar-refractivity contribution in [1.29, 1.82) is 0 Å². The van der Waals surface area contributed by atoms with Crippen molar-refractivity contribution in [3.63, 3.8) is 0 Å². The highest BCUT2D eigenvalue weighted by Gasteiger charge is 2.46. The SMILES string of the molecule is CO[C@H](C(=O)N1C(=O)OC[C@@H]1Cc1ccccc1)[C@H](OC(C)=O)C(=O)C=C(C(=O)CCCOCCO)c1cccc(C)c1. The molecule has 230 valence electrons. The molecule has 0 aromatic heterocycles. The van der Waals surface area contributed by atoms with Crippen LogP contribution in [-0.4, -0.2) is 91.3 Å². The summed E-state index contributed by atoms with van der Waals surface area (Å²) in [5, 5.41) is 8.88. The lowest BCUT2D eigenvalue weighted by Gasteiger charge is -2.28. The number of aryl methyl sites for hydroxylation is 1. The molecule has 1 fully saturated rings. The fourth-order valence-corrected chi connectivity index (χ4v) is 4.70. The van der Waals surface area contributed by atoms with Gasteiger partial charge >= 0.3 is 12.1 Å². The van der Waals surface area contributed by atoms with Crippen molar-refractivity contribution in [3.05, 3.63) is 77.4 Å². The first-order valence-corrected chi connectivity index (χ1v) is 13.9. The van der Waals surface area contributed by atoms with Crippen molar-refractivity contribution in [2.24, 2.45) is 0 Å².